The van der Waals surface area contributed by atoms with E-state index in [4.69, 9.17) is 9.47 Å². The third-order valence-corrected chi connectivity index (χ3v) is 2.36. The van der Waals surface area contributed by atoms with Gasteiger partial charge in [0, 0.05) is 13.6 Å². The third-order valence-electron chi connectivity index (χ3n) is 2.36. The highest BCUT2D eigenvalue weighted by Gasteiger charge is 2.07. The van der Waals surface area contributed by atoms with Gasteiger partial charge in [-0.15, -0.1) is 0 Å². The highest BCUT2D eigenvalue weighted by atomic mass is 19.1. The Kier molecular flexibility index (Phi) is 6.14. The first-order valence-corrected chi connectivity index (χ1v) is 5.84. The maximum Gasteiger partial charge on any atom is 0.332 e. The summed E-state index contributed by atoms with van der Waals surface area (Å²) < 4.78 is 23.3. The molecule has 0 N–H and O–H groups in total. The fourth-order valence-corrected chi connectivity index (χ4v) is 1.44. The minimum absolute atomic E-state index is 0.0705. The van der Waals surface area contributed by atoms with E-state index in [2.05, 4.69) is 0 Å². The Bertz CT molecular complexity index is 384. The molecule has 4 nitrogen and oxygen atoms in total. The van der Waals surface area contributed by atoms with Crippen LogP contribution >= 0.6 is 0 Å². The summed E-state index contributed by atoms with van der Waals surface area (Å²) in [6.07, 6.45) is 0. The molecule has 0 heterocycles. The van der Waals surface area contributed by atoms with E-state index in [1.807, 2.05) is 0 Å². The van der Waals surface area contributed by atoms with Crippen LogP contribution in [0.5, 0.6) is 0 Å². The summed E-state index contributed by atoms with van der Waals surface area (Å²) >= 11 is 0. The van der Waals surface area contributed by atoms with Crippen molar-refractivity contribution in [3.63, 3.8) is 0 Å². The minimum Gasteiger partial charge on any atom is -0.464 e. The molecule has 0 amide bonds. The second kappa shape index (κ2) is 7.66. The Balaban J connectivity index is 2.28. The molecule has 0 spiro atoms. The molecule has 5 heteroatoms. The van der Waals surface area contributed by atoms with Gasteiger partial charge in [-0.2, -0.15) is 0 Å². The molecule has 0 unspecified atom stereocenters. The second-order valence-corrected chi connectivity index (χ2v) is 3.73. The maximum absolute atomic E-state index is 13.4. The lowest BCUT2D eigenvalue weighted by atomic mass is 10.3. The number of ether oxygens (including phenoxy) is 2. The predicted molar refractivity (Wildman–Crippen MR) is 67.1 cm³/mol. The molecule has 0 atom stereocenters. The summed E-state index contributed by atoms with van der Waals surface area (Å²) in [4.78, 5) is 12.7. The van der Waals surface area contributed by atoms with E-state index < -0.39 is 0 Å². The average molecular weight is 255 g/mol. The zero-order valence-corrected chi connectivity index (χ0v) is 10.7. The molecule has 100 valence electrons. The van der Waals surface area contributed by atoms with Gasteiger partial charge in [0.05, 0.1) is 18.9 Å². The number of benzene rings is 1. The first-order valence-electron chi connectivity index (χ1n) is 5.84. The fraction of sp³-hybridized carbons (Fsp3) is 0.462. The largest absolute Gasteiger partial charge is 0.464 e. The molecular formula is C13H18FNO3. The summed E-state index contributed by atoms with van der Waals surface area (Å²) in [6, 6.07) is 6.52. The molecule has 0 saturated heterocycles. The van der Waals surface area contributed by atoms with Gasteiger partial charge in [0.2, 0.25) is 0 Å². The molecule has 0 bridgehead atoms. The molecule has 1 rings (SSSR count). The molecule has 1 aromatic rings. The van der Waals surface area contributed by atoms with E-state index in [0.29, 0.717) is 25.4 Å². The molecule has 1 aromatic carbocycles. The van der Waals surface area contributed by atoms with Gasteiger partial charge in [-0.3, -0.25) is 0 Å². The molecule has 18 heavy (non-hydrogen) atoms. The standard InChI is InChI=1S/C13H18FNO3/c1-3-18-13(16)10-17-9-8-15(2)12-7-5-4-6-11(12)14/h4-7H,3,8-10H2,1-2H3. The molecule has 0 aromatic heterocycles. The molecule has 0 aliphatic heterocycles. The Morgan fingerprint density at radius 3 is 2.78 bits per heavy atom. The number of hydrogen-bond donors (Lipinski definition) is 0. The van der Waals surface area contributed by atoms with Gasteiger partial charge in [0.25, 0.3) is 0 Å². The van der Waals surface area contributed by atoms with Gasteiger partial charge in [-0.05, 0) is 19.1 Å². The number of nitrogens with zero attached hydrogens (tertiary/aromatic N) is 1. The van der Waals surface area contributed by atoms with Crippen LogP contribution in [0.25, 0.3) is 0 Å². The summed E-state index contributed by atoms with van der Waals surface area (Å²) in [5.74, 6) is -0.656. The van der Waals surface area contributed by atoms with Crippen LogP contribution in [0.1, 0.15) is 6.92 Å². The van der Waals surface area contributed by atoms with Crippen LogP contribution in [0.15, 0.2) is 24.3 Å². The molecule has 0 saturated carbocycles. The fourth-order valence-electron chi connectivity index (χ4n) is 1.44. The van der Waals surface area contributed by atoms with E-state index >= 15 is 0 Å². The van der Waals surface area contributed by atoms with Crippen LogP contribution in [0.4, 0.5) is 10.1 Å². The molecular weight excluding hydrogens is 237 g/mol. The van der Waals surface area contributed by atoms with E-state index in [9.17, 15) is 9.18 Å². The van der Waals surface area contributed by atoms with Gasteiger partial charge in [0.15, 0.2) is 0 Å². The number of rotatable bonds is 7. The van der Waals surface area contributed by atoms with E-state index in [1.54, 1.807) is 37.1 Å². The number of esters is 1. The van der Waals surface area contributed by atoms with Gasteiger partial charge >= 0.3 is 5.97 Å². The van der Waals surface area contributed by atoms with Gasteiger partial charge in [-0.25, -0.2) is 9.18 Å². The van der Waals surface area contributed by atoms with Crippen LogP contribution in [0.3, 0.4) is 0 Å². The van der Waals surface area contributed by atoms with E-state index in [0.717, 1.165) is 0 Å². The predicted octanol–water partition coefficient (Wildman–Crippen LogP) is 1.84. The normalized spacial score (nSPS) is 10.2. The Morgan fingerprint density at radius 2 is 2.11 bits per heavy atom. The number of likely N-dealkylation sites (N-methyl/N-ethyl adjacent to an activating group) is 1. The zero-order valence-electron chi connectivity index (χ0n) is 10.7. The van der Waals surface area contributed by atoms with Crippen molar-refractivity contribution < 1.29 is 18.7 Å². The summed E-state index contributed by atoms with van der Waals surface area (Å²) in [6.45, 7) is 2.85. The van der Waals surface area contributed by atoms with Crippen molar-refractivity contribution in [1.29, 1.82) is 0 Å². The van der Waals surface area contributed by atoms with Crippen molar-refractivity contribution in [1.82, 2.24) is 0 Å². The summed E-state index contributed by atoms with van der Waals surface area (Å²) in [7, 11) is 1.77. The molecule has 0 aliphatic carbocycles. The SMILES string of the molecule is CCOC(=O)COCCN(C)c1ccccc1F. The summed E-state index contributed by atoms with van der Waals surface area (Å²) in [5.41, 5.74) is 0.511. The lowest BCUT2D eigenvalue weighted by Crippen LogP contribution is -2.25. The number of carbonyl (C=O) groups is 1. The topological polar surface area (TPSA) is 38.8 Å². The highest BCUT2D eigenvalue weighted by molar-refractivity contribution is 5.70. The van der Waals surface area contributed by atoms with Gasteiger partial charge in [-0.1, -0.05) is 12.1 Å². The van der Waals surface area contributed by atoms with Crippen LogP contribution in [0.2, 0.25) is 0 Å². The van der Waals surface area contributed by atoms with Crippen molar-refractivity contribution in [3.05, 3.63) is 30.1 Å². The highest BCUT2D eigenvalue weighted by Crippen LogP contribution is 2.16. The second-order valence-electron chi connectivity index (χ2n) is 3.73. The van der Waals surface area contributed by atoms with Gasteiger partial charge in [0.1, 0.15) is 12.4 Å². The molecule has 0 aliphatic rings. The summed E-state index contributed by atoms with van der Waals surface area (Å²) in [5, 5.41) is 0. The van der Waals surface area contributed by atoms with Gasteiger partial charge < -0.3 is 14.4 Å². The number of carbonyl (C=O) groups excluding carboxylic acids is 1. The van der Waals surface area contributed by atoms with Crippen molar-refractivity contribution in [2.75, 3.05) is 38.3 Å². The van der Waals surface area contributed by atoms with Crippen LogP contribution < -0.4 is 4.90 Å². The Labute approximate surface area is 106 Å². The minimum atomic E-state index is -0.383. The maximum atomic E-state index is 13.4. The number of halogens is 1. The Hall–Kier alpha value is -1.62. The number of hydrogen-bond acceptors (Lipinski definition) is 4. The molecule has 0 fully saturated rings. The lowest BCUT2D eigenvalue weighted by Gasteiger charge is -2.19. The van der Waals surface area contributed by atoms with Crippen molar-refractivity contribution >= 4 is 11.7 Å². The van der Waals surface area contributed by atoms with Crippen LogP contribution in [-0.4, -0.2) is 39.4 Å². The average Bonchev–Trinajstić information content (AvgIpc) is 2.35. The quantitative estimate of drug-likeness (QED) is 0.550. The van der Waals surface area contributed by atoms with E-state index in [1.165, 1.54) is 6.07 Å². The van der Waals surface area contributed by atoms with Crippen molar-refractivity contribution in [2.24, 2.45) is 0 Å². The molecule has 0 radical (unpaired) electrons. The van der Waals surface area contributed by atoms with Crippen molar-refractivity contribution in [2.45, 2.75) is 6.92 Å². The first-order chi connectivity index (χ1) is 8.65. The smallest absolute Gasteiger partial charge is 0.332 e. The number of anilines is 1. The lowest BCUT2D eigenvalue weighted by molar-refractivity contribution is -0.148. The number of para-hydroxylation sites is 1. The first kappa shape index (κ1) is 14.4. The monoisotopic (exact) mass is 255 g/mol. The zero-order chi connectivity index (χ0) is 13.4. The van der Waals surface area contributed by atoms with Crippen LogP contribution in [-0.2, 0) is 14.3 Å². The van der Waals surface area contributed by atoms with Crippen LogP contribution in [0, 0.1) is 5.82 Å². The van der Waals surface area contributed by atoms with E-state index in [-0.39, 0.29) is 18.4 Å². The third kappa shape index (κ3) is 4.71. The van der Waals surface area contributed by atoms with Crippen molar-refractivity contribution in [3.8, 4) is 0 Å². The Morgan fingerprint density at radius 1 is 1.39 bits per heavy atom.